The summed E-state index contributed by atoms with van der Waals surface area (Å²) in [5.74, 6) is -0.0401. The minimum Gasteiger partial charge on any atom is -0.295 e. The van der Waals surface area contributed by atoms with Gasteiger partial charge in [0.2, 0.25) is 0 Å². The topological polar surface area (TPSA) is 34.1 Å². The summed E-state index contributed by atoms with van der Waals surface area (Å²) in [6.45, 7) is 6.54. The fourth-order valence-electron chi connectivity index (χ4n) is 0.546. The lowest BCUT2D eigenvalue weighted by atomic mass is 10.1. The molecule has 0 bridgehead atoms. The van der Waals surface area contributed by atoms with Crippen LogP contribution in [0.25, 0.3) is 0 Å². The highest BCUT2D eigenvalue weighted by molar-refractivity contribution is 6.68. The molecule has 0 rings (SSSR count). The Labute approximate surface area is 82.6 Å². The van der Waals surface area contributed by atoms with Gasteiger partial charge in [0.1, 0.15) is 0 Å². The van der Waals surface area contributed by atoms with Gasteiger partial charge in [-0.15, -0.1) is 0 Å². The normalized spacial score (nSPS) is 12.5. The van der Waals surface area contributed by atoms with Crippen LogP contribution in [0.4, 0.5) is 0 Å². The molecule has 0 aromatic carbocycles. The Morgan fingerprint density at radius 2 is 1.77 bits per heavy atom. The Kier molecular flexibility index (Phi) is 5.00. The van der Waals surface area contributed by atoms with Crippen molar-refractivity contribution in [1.29, 1.82) is 0 Å². The second-order valence-corrected chi connectivity index (χ2v) is 2.85. The molecular weight excluding hydrogens is 188 g/mol. The quantitative estimate of drug-likeness (QED) is 0.395. The van der Waals surface area contributed by atoms with Crippen LogP contribution in [0.1, 0.15) is 13.8 Å². The summed E-state index contributed by atoms with van der Waals surface area (Å²) in [6, 6.07) is 0. The van der Waals surface area contributed by atoms with Gasteiger partial charge in [-0.05, 0) is 37.1 Å². The molecule has 70 valence electrons. The van der Waals surface area contributed by atoms with E-state index < -0.39 is 5.24 Å². The van der Waals surface area contributed by atoms with Gasteiger partial charge in [-0.25, -0.2) is 0 Å². The van der Waals surface area contributed by atoms with Gasteiger partial charge in [-0.2, -0.15) is 0 Å². The molecule has 0 aliphatic carbocycles. The van der Waals surface area contributed by atoms with E-state index in [0.717, 1.165) is 0 Å². The molecule has 0 spiro atoms. The highest BCUT2D eigenvalue weighted by Crippen LogP contribution is 2.03. The van der Waals surface area contributed by atoms with Crippen molar-refractivity contribution in [3.05, 3.63) is 36.0 Å². The van der Waals surface area contributed by atoms with E-state index >= 15 is 0 Å². The first kappa shape index (κ1) is 11.8. The molecule has 0 aromatic heterocycles. The third kappa shape index (κ3) is 4.43. The van der Waals surface area contributed by atoms with Gasteiger partial charge in [-0.3, -0.25) is 9.59 Å². The number of hydrogen-bond acceptors (Lipinski definition) is 2. The fourth-order valence-corrected chi connectivity index (χ4v) is 0.686. The third-order valence-corrected chi connectivity index (χ3v) is 1.73. The second kappa shape index (κ2) is 5.49. The van der Waals surface area contributed by atoms with Crippen LogP contribution in [0, 0.1) is 0 Å². The van der Waals surface area contributed by atoms with Crippen molar-refractivity contribution in [1.82, 2.24) is 0 Å². The van der Waals surface area contributed by atoms with E-state index in [1.165, 1.54) is 19.1 Å². The van der Waals surface area contributed by atoms with Crippen LogP contribution < -0.4 is 0 Å². The zero-order valence-electron chi connectivity index (χ0n) is 7.63. The average Bonchev–Trinajstić information content (AvgIpc) is 2.04. The molecule has 0 fully saturated rings. The lowest BCUT2D eigenvalue weighted by Gasteiger charge is -1.92. The van der Waals surface area contributed by atoms with Gasteiger partial charge < -0.3 is 0 Å². The first-order chi connectivity index (χ1) is 5.99. The Balaban J connectivity index is 4.74. The van der Waals surface area contributed by atoms with Crippen LogP contribution >= 0.6 is 11.6 Å². The van der Waals surface area contributed by atoms with E-state index in [1.54, 1.807) is 13.0 Å². The number of allylic oxidation sites excluding steroid dienone is 5. The molecule has 0 heterocycles. The molecule has 0 atom stereocenters. The molecular formula is C10H11ClO2. The molecule has 0 aliphatic rings. The number of ketones is 1. The van der Waals surface area contributed by atoms with E-state index in [0.29, 0.717) is 5.57 Å². The number of Topliss-reactive ketones (excluding diaryl/α,β-unsaturated/α-hetero) is 1. The minimum absolute atomic E-state index is 0.0401. The van der Waals surface area contributed by atoms with E-state index in [-0.39, 0.29) is 11.4 Å². The lowest BCUT2D eigenvalue weighted by Crippen LogP contribution is -1.92. The number of halogens is 1. The van der Waals surface area contributed by atoms with Gasteiger partial charge in [0.15, 0.2) is 5.78 Å². The SMILES string of the molecule is C=C/C(=C\C=C(/C)C(C)=O)C(=O)Cl. The number of carbonyl (C=O) groups is 2. The van der Waals surface area contributed by atoms with Crippen molar-refractivity contribution >= 4 is 22.6 Å². The Morgan fingerprint density at radius 1 is 1.23 bits per heavy atom. The number of carbonyl (C=O) groups excluding carboxylic acids is 2. The van der Waals surface area contributed by atoms with Crippen molar-refractivity contribution in [3.8, 4) is 0 Å². The van der Waals surface area contributed by atoms with Crippen LogP contribution in [-0.2, 0) is 9.59 Å². The summed E-state index contributed by atoms with van der Waals surface area (Å²) in [5, 5.41) is -0.581. The molecule has 0 saturated carbocycles. The molecule has 0 aliphatic heterocycles. The van der Waals surface area contributed by atoms with E-state index in [4.69, 9.17) is 11.6 Å². The summed E-state index contributed by atoms with van der Waals surface area (Å²) < 4.78 is 0. The maximum Gasteiger partial charge on any atom is 0.252 e. The predicted octanol–water partition coefficient (Wildman–Crippen LogP) is 2.40. The molecule has 0 radical (unpaired) electrons. The Hall–Kier alpha value is -1.15. The number of rotatable bonds is 4. The molecule has 0 unspecified atom stereocenters. The lowest BCUT2D eigenvalue weighted by molar-refractivity contribution is -0.113. The fraction of sp³-hybridized carbons (Fsp3) is 0.200. The first-order valence-electron chi connectivity index (χ1n) is 3.70. The van der Waals surface area contributed by atoms with Crippen molar-refractivity contribution in [3.63, 3.8) is 0 Å². The van der Waals surface area contributed by atoms with Crippen LogP contribution in [0.3, 0.4) is 0 Å². The summed E-state index contributed by atoms with van der Waals surface area (Å²) in [7, 11) is 0. The second-order valence-electron chi connectivity index (χ2n) is 2.51. The molecule has 0 saturated heterocycles. The molecule has 0 aromatic rings. The van der Waals surface area contributed by atoms with Gasteiger partial charge >= 0.3 is 0 Å². The van der Waals surface area contributed by atoms with Crippen molar-refractivity contribution < 1.29 is 9.59 Å². The van der Waals surface area contributed by atoms with Crippen LogP contribution in [0.5, 0.6) is 0 Å². The zero-order chi connectivity index (χ0) is 10.4. The maximum absolute atomic E-state index is 10.8. The molecule has 3 heteroatoms. The Bertz CT molecular complexity index is 298. The van der Waals surface area contributed by atoms with Crippen LogP contribution in [0.15, 0.2) is 36.0 Å². The van der Waals surface area contributed by atoms with E-state index in [1.807, 2.05) is 0 Å². The van der Waals surface area contributed by atoms with E-state index in [2.05, 4.69) is 6.58 Å². The summed E-state index contributed by atoms with van der Waals surface area (Å²) in [6.07, 6.45) is 4.36. The molecule has 13 heavy (non-hydrogen) atoms. The standard InChI is InChI=1S/C10H11ClO2/c1-4-9(10(11)13)6-5-7(2)8(3)12/h4-6H,1H2,2-3H3/b7-5+,9-6+. The van der Waals surface area contributed by atoms with Gasteiger partial charge in [0, 0.05) is 5.57 Å². The minimum atomic E-state index is -0.581. The summed E-state index contributed by atoms with van der Waals surface area (Å²) in [4.78, 5) is 21.4. The van der Waals surface area contributed by atoms with Gasteiger partial charge in [0.25, 0.3) is 5.24 Å². The van der Waals surface area contributed by atoms with Crippen LogP contribution in [-0.4, -0.2) is 11.0 Å². The molecule has 2 nitrogen and oxygen atoms in total. The zero-order valence-corrected chi connectivity index (χ0v) is 8.39. The largest absolute Gasteiger partial charge is 0.295 e. The third-order valence-electron chi connectivity index (χ3n) is 1.52. The smallest absolute Gasteiger partial charge is 0.252 e. The van der Waals surface area contributed by atoms with Gasteiger partial charge in [-0.1, -0.05) is 18.7 Å². The van der Waals surface area contributed by atoms with Crippen molar-refractivity contribution in [2.24, 2.45) is 0 Å². The van der Waals surface area contributed by atoms with E-state index in [9.17, 15) is 9.59 Å². The van der Waals surface area contributed by atoms with Crippen molar-refractivity contribution in [2.45, 2.75) is 13.8 Å². The predicted molar refractivity (Wildman–Crippen MR) is 53.6 cm³/mol. The highest BCUT2D eigenvalue weighted by Gasteiger charge is 1.99. The first-order valence-corrected chi connectivity index (χ1v) is 4.08. The van der Waals surface area contributed by atoms with Gasteiger partial charge in [0.05, 0.1) is 0 Å². The number of hydrogen-bond donors (Lipinski definition) is 0. The Morgan fingerprint density at radius 3 is 2.08 bits per heavy atom. The van der Waals surface area contributed by atoms with Crippen LogP contribution in [0.2, 0.25) is 0 Å². The molecule has 0 N–H and O–H groups in total. The summed E-state index contributed by atoms with van der Waals surface area (Å²) >= 11 is 5.21. The molecule has 0 amide bonds. The highest BCUT2D eigenvalue weighted by atomic mass is 35.5. The monoisotopic (exact) mass is 198 g/mol. The maximum atomic E-state index is 10.8. The summed E-state index contributed by atoms with van der Waals surface area (Å²) in [5.41, 5.74) is 0.847. The van der Waals surface area contributed by atoms with Crippen molar-refractivity contribution in [2.75, 3.05) is 0 Å². The average molecular weight is 199 g/mol.